The van der Waals surface area contributed by atoms with Crippen LogP contribution in [0.1, 0.15) is 12.8 Å². The number of rotatable bonds is 2. The average Bonchev–Trinajstić information content (AvgIpc) is 2.19. The van der Waals surface area contributed by atoms with E-state index in [1.54, 1.807) is 0 Å². The quantitative estimate of drug-likeness (QED) is 0.693. The molecule has 72 valence electrons. The molecule has 1 saturated heterocycles. The molecule has 1 N–H and O–H groups in total. The monoisotopic (exact) mass is 179 g/mol. The smallest absolute Gasteiger partial charge is 0.0824 e. The van der Waals surface area contributed by atoms with E-state index in [4.69, 9.17) is 4.74 Å². The average molecular weight is 179 g/mol. The van der Waals surface area contributed by atoms with Gasteiger partial charge in [-0.1, -0.05) is 23.8 Å². The second-order valence-corrected chi connectivity index (χ2v) is 3.74. The van der Waals surface area contributed by atoms with Crippen molar-refractivity contribution in [2.24, 2.45) is 5.92 Å². The number of fused-ring (bicyclic) bond motifs is 1. The zero-order chi connectivity index (χ0) is 9.10. The highest BCUT2D eigenvalue weighted by atomic mass is 16.5. The minimum Gasteiger partial charge on any atom is -0.374 e. The summed E-state index contributed by atoms with van der Waals surface area (Å²) in [4.78, 5) is 0. The number of allylic oxidation sites excluding steroid dienone is 2. The Bertz CT molecular complexity index is 232. The van der Waals surface area contributed by atoms with Gasteiger partial charge in [0.15, 0.2) is 0 Å². The summed E-state index contributed by atoms with van der Waals surface area (Å²) >= 11 is 0. The molecule has 0 amide bonds. The van der Waals surface area contributed by atoms with E-state index in [-0.39, 0.29) is 0 Å². The summed E-state index contributed by atoms with van der Waals surface area (Å²) in [6.45, 7) is 1.92. The SMILES string of the molecule is CNCC1=CC=CC2OCCCC12. The molecule has 0 aromatic heterocycles. The molecule has 0 saturated carbocycles. The summed E-state index contributed by atoms with van der Waals surface area (Å²) in [7, 11) is 2.00. The molecule has 0 radical (unpaired) electrons. The van der Waals surface area contributed by atoms with Crippen molar-refractivity contribution in [3.05, 3.63) is 23.8 Å². The Balaban J connectivity index is 2.08. The lowest BCUT2D eigenvalue weighted by Gasteiger charge is -2.33. The summed E-state index contributed by atoms with van der Waals surface area (Å²) in [5.41, 5.74) is 1.50. The molecule has 13 heavy (non-hydrogen) atoms. The number of hydrogen-bond donors (Lipinski definition) is 1. The lowest BCUT2D eigenvalue weighted by Crippen LogP contribution is -2.33. The first-order chi connectivity index (χ1) is 6.42. The molecule has 1 fully saturated rings. The standard InChI is InChI=1S/C11H17NO/c1-12-8-9-4-2-6-11-10(9)5-3-7-13-11/h2,4,6,10-12H,3,5,7-8H2,1H3. The molecule has 0 aromatic rings. The Morgan fingerprint density at radius 3 is 3.38 bits per heavy atom. The molecule has 0 bridgehead atoms. The number of hydrogen-bond acceptors (Lipinski definition) is 2. The van der Waals surface area contributed by atoms with Crippen molar-refractivity contribution in [3.8, 4) is 0 Å². The number of likely N-dealkylation sites (N-methyl/N-ethyl adjacent to an activating group) is 1. The van der Waals surface area contributed by atoms with Crippen LogP contribution in [0.4, 0.5) is 0 Å². The van der Waals surface area contributed by atoms with Gasteiger partial charge in [-0.2, -0.15) is 0 Å². The minimum atomic E-state index is 0.349. The number of nitrogens with one attached hydrogen (secondary N) is 1. The third-order valence-corrected chi connectivity index (χ3v) is 2.83. The van der Waals surface area contributed by atoms with Crippen LogP contribution in [0, 0.1) is 5.92 Å². The van der Waals surface area contributed by atoms with Crippen molar-refractivity contribution in [2.75, 3.05) is 20.2 Å². The summed E-state index contributed by atoms with van der Waals surface area (Å²) in [5, 5.41) is 3.21. The topological polar surface area (TPSA) is 21.3 Å². The van der Waals surface area contributed by atoms with Crippen molar-refractivity contribution in [2.45, 2.75) is 18.9 Å². The van der Waals surface area contributed by atoms with E-state index in [0.29, 0.717) is 12.0 Å². The first-order valence-electron chi connectivity index (χ1n) is 5.05. The summed E-state index contributed by atoms with van der Waals surface area (Å²) in [6, 6.07) is 0. The van der Waals surface area contributed by atoms with Gasteiger partial charge in [0.25, 0.3) is 0 Å². The van der Waals surface area contributed by atoms with Gasteiger partial charge in [0.05, 0.1) is 6.10 Å². The Kier molecular flexibility index (Phi) is 2.81. The third kappa shape index (κ3) is 1.84. The van der Waals surface area contributed by atoms with Crippen LogP contribution in [0.3, 0.4) is 0 Å². The Labute approximate surface area is 79.7 Å². The zero-order valence-corrected chi connectivity index (χ0v) is 8.12. The normalized spacial score (nSPS) is 32.5. The predicted octanol–water partition coefficient (Wildman–Crippen LogP) is 1.50. The summed E-state index contributed by atoms with van der Waals surface area (Å²) < 4.78 is 5.70. The molecule has 2 heteroatoms. The molecule has 2 atom stereocenters. The molecule has 1 heterocycles. The lowest BCUT2D eigenvalue weighted by atomic mass is 9.84. The van der Waals surface area contributed by atoms with Crippen LogP contribution in [0.2, 0.25) is 0 Å². The molecule has 1 aliphatic heterocycles. The molecule has 1 aliphatic carbocycles. The molecule has 2 aliphatic rings. The molecular formula is C11H17NO. The second kappa shape index (κ2) is 4.07. The lowest BCUT2D eigenvalue weighted by molar-refractivity contribution is 0.0143. The third-order valence-electron chi connectivity index (χ3n) is 2.83. The van der Waals surface area contributed by atoms with Crippen LogP contribution in [0.15, 0.2) is 23.8 Å². The molecule has 0 spiro atoms. The van der Waals surface area contributed by atoms with E-state index in [9.17, 15) is 0 Å². The van der Waals surface area contributed by atoms with Crippen LogP contribution in [0.5, 0.6) is 0 Å². The van der Waals surface area contributed by atoms with Crippen LogP contribution < -0.4 is 5.32 Å². The van der Waals surface area contributed by atoms with Gasteiger partial charge in [-0.3, -0.25) is 0 Å². The van der Waals surface area contributed by atoms with Gasteiger partial charge in [0.1, 0.15) is 0 Å². The van der Waals surface area contributed by atoms with Crippen LogP contribution in [-0.2, 0) is 4.74 Å². The number of ether oxygens (including phenoxy) is 1. The minimum absolute atomic E-state index is 0.349. The Morgan fingerprint density at radius 1 is 1.62 bits per heavy atom. The highest BCUT2D eigenvalue weighted by Crippen LogP contribution is 2.30. The largest absolute Gasteiger partial charge is 0.374 e. The van der Waals surface area contributed by atoms with E-state index in [0.717, 1.165) is 13.2 Å². The molecular weight excluding hydrogens is 162 g/mol. The van der Waals surface area contributed by atoms with Gasteiger partial charge in [-0.05, 0) is 19.9 Å². The van der Waals surface area contributed by atoms with Gasteiger partial charge >= 0.3 is 0 Å². The van der Waals surface area contributed by atoms with Crippen molar-refractivity contribution < 1.29 is 4.74 Å². The summed E-state index contributed by atoms with van der Waals surface area (Å²) in [6.07, 6.45) is 9.37. The van der Waals surface area contributed by atoms with E-state index in [1.165, 1.54) is 18.4 Å². The van der Waals surface area contributed by atoms with E-state index < -0.39 is 0 Å². The van der Waals surface area contributed by atoms with E-state index >= 15 is 0 Å². The highest BCUT2D eigenvalue weighted by Gasteiger charge is 2.27. The van der Waals surface area contributed by atoms with Crippen molar-refractivity contribution in [1.29, 1.82) is 0 Å². The molecule has 2 rings (SSSR count). The fourth-order valence-electron chi connectivity index (χ4n) is 2.20. The maximum Gasteiger partial charge on any atom is 0.0824 e. The van der Waals surface area contributed by atoms with Crippen molar-refractivity contribution in [1.82, 2.24) is 5.32 Å². The zero-order valence-electron chi connectivity index (χ0n) is 8.12. The van der Waals surface area contributed by atoms with Gasteiger partial charge in [0.2, 0.25) is 0 Å². The fraction of sp³-hybridized carbons (Fsp3) is 0.636. The molecule has 0 aromatic carbocycles. The van der Waals surface area contributed by atoms with Crippen molar-refractivity contribution >= 4 is 0 Å². The van der Waals surface area contributed by atoms with Gasteiger partial charge < -0.3 is 10.1 Å². The van der Waals surface area contributed by atoms with Gasteiger partial charge in [0, 0.05) is 19.1 Å². The fourth-order valence-corrected chi connectivity index (χ4v) is 2.20. The van der Waals surface area contributed by atoms with Crippen LogP contribution in [0.25, 0.3) is 0 Å². The maximum absolute atomic E-state index is 5.70. The second-order valence-electron chi connectivity index (χ2n) is 3.74. The Hall–Kier alpha value is -0.600. The van der Waals surface area contributed by atoms with Gasteiger partial charge in [-0.25, -0.2) is 0 Å². The highest BCUT2D eigenvalue weighted by molar-refractivity contribution is 5.25. The maximum atomic E-state index is 5.70. The summed E-state index contributed by atoms with van der Waals surface area (Å²) in [5.74, 6) is 0.631. The van der Waals surface area contributed by atoms with Gasteiger partial charge in [-0.15, -0.1) is 0 Å². The van der Waals surface area contributed by atoms with Crippen LogP contribution >= 0.6 is 0 Å². The first-order valence-corrected chi connectivity index (χ1v) is 5.05. The van der Waals surface area contributed by atoms with E-state index in [1.807, 2.05) is 7.05 Å². The molecule has 2 unspecified atom stereocenters. The Morgan fingerprint density at radius 2 is 2.54 bits per heavy atom. The van der Waals surface area contributed by atoms with Crippen LogP contribution in [-0.4, -0.2) is 26.3 Å². The van der Waals surface area contributed by atoms with Crippen molar-refractivity contribution in [3.63, 3.8) is 0 Å². The predicted molar refractivity (Wildman–Crippen MR) is 53.6 cm³/mol. The molecule has 2 nitrogen and oxygen atoms in total. The first kappa shape index (κ1) is 8.97. The van der Waals surface area contributed by atoms with E-state index in [2.05, 4.69) is 23.5 Å².